The Morgan fingerprint density at radius 3 is 2.47 bits per heavy atom. The van der Waals surface area contributed by atoms with Crippen LogP contribution in [0.3, 0.4) is 0 Å². The van der Waals surface area contributed by atoms with E-state index in [1.54, 1.807) is 18.5 Å². The predicted octanol–water partition coefficient (Wildman–Crippen LogP) is 4.98. The Hall–Kier alpha value is -3.93. The molecule has 1 N–H and O–H groups in total. The number of nitrogens with one attached hydrogen (secondary N) is 1. The molecule has 0 saturated carbocycles. The summed E-state index contributed by atoms with van der Waals surface area (Å²) < 4.78 is 22.0. The first-order valence-corrected chi connectivity index (χ1v) is 9.76. The second kappa shape index (κ2) is 6.56. The molecule has 4 aromatic rings. The van der Waals surface area contributed by atoms with Gasteiger partial charge in [0.05, 0.1) is 5.70 Å². The Labute approximate surface area is 172 Å². The molecule has 0 aliphatic carbocycles. The molecule has 1 aromatic heterocycles. The molecule has 30 heavy (non-hydrogen) atoms. The molecule has 3 heterocycles. The molecule has 3 aromatic carbocycles. The molecule has 146 valence electrons. The first-order valence-electron chi connectivity index (χ1n) is 9.76. The normalized spacial score (nSPS) is 19.2. The SMILES string of the molecule is Fc1ccc([C@H]2Oc3ccccc3C3=C2[C@H](c2ccccc2)n2ncnc2N3)cc1. The number of halogens is 1. The number of hydrogen-bond acceptors (Lipinski definition) is 4. The van der Waals surface area contributed by atoms with E-state index >= 15 is 0 Å². The lowest BCUT2D eigenvalue weighted by Crippen LogP contribution is -2.32. The van der Waals surface area contributed by atoms with Crippen LogP contribution in [0.1, 0.15) is 28.8 Å². The fourth-order valence-electron chi connectivity index (χ4n) is 4.29. The van der Waals surface area contributed by atoms with E-state index in [0.29, 0.717) is 5.95 Å². The zero-order valence-electron chi connectivity index (χ0n) is 15.9. The lowest BCUT2D eigenvalue weighted by Gasteiger charge is -2.38. The molecule has 2 aliphatic heterocycles. The van der Waals surface area contributed by atoms with Crippen molar-refractivity contribution in [2.75, 3.05) is 5.32 Å². The number of anilines is 1. The molecule has 0 saturated heterocycles. The number of ether oxygens (including phenoxy) is 1. The fourth-order valence-corrected chi connectivity index (χ4v) is 4.29. The summed E-state index contributed by atoms with van der Waals surface area (Å²) in [5.41, 5.74) is 4.91. The molecule has 0 bridgehead atoms. The van der Waals surface area contributed by atoms with Gasteiger partial charge in [0.1, 0.15) is 30.0 Å². The lowest BCUT2D eigenvalue weighted by molar-refractivity contribution is 0.223. The average molecular weight is 396 g/mol. The third-order valence-electron chi connectivity index (χ3n) is 5.61. The van der Waals surface area contributed by atoms with Gasteiger partial charge in [-0.05, 0) is 35.4 Å². The Balaban J connectivity index is 1.63. The highest BCUT2D eigenvalue weighted by molar-refractivity contribution is 5.85. The lowest BCUT2D eigenvalue weighted by atomic mass is 9.84. The van der Waals surface area contributed by atoms with Crippen LogP contribution in [0.2, 0.25) is 0 Å². The maximum Gasteiger partial charge on any atom is 0.226 e. The molecular weight excluding hydrogens is 379 g/mol. The number of fused-ring (bicyclic) bond motifs is 3. The summed E-state index contributed by atoms with van der Waals surface area (Å²) in [6, 6.07) is 24.4. The van der Waals surface area contributed by atoms with E-state index in [0.717, 1.165) is 33.7 Å². The van der Waals surface area contributed by atoms with E-state index in [9.17, 15) is 4.39 Å². The maximum absolute atomic E-state index is 13.6. The molecule has 2 aliphatic rings. The minimum absolute atomic E-state index is 0.205. The Morgan fingerprint density at radius 2 is 1.63 bits per heavy atom. The molecule has 5 nitrogen and oxygen atoms in total. The second-order valence-electron chi connectivity index (χ2n) is 7.34. The minimum Gasteiger partial charge on any atom is -0.480 e. The van der Waals surface area contributed by atoms with Crippen LogP contribution in [0.25, 0.3) is 5.70 Å². The monoisotopic (exact) mass is 396 g/mol. The van der Waals surface area contributed by atoms with Gasteiger partial charge in [-0.25, -0.2) is 9.07 Å². The van der Waals surface area contributed by atoms with Crippen LogP contribution in [-0.4, -0.2) is 14.8 Å². The molecular formula is C24H17FN4O. The highest BCUT2D eigenvalue weighted by atomic mass is 19.1. The van der Waals surface area contributed by atoms with E-state index in [1.807, 2.05) is 47.1 Å². The quantitative estimate of drug-likeness (QED) is 0.519. The van der Waals surface area contributed by atoms with Crippen LogP contribution in [0.15, 0.2) is 90.8 Å². The van der Waals surface area contributed by atoms with Crippen LogP contribution >= 0.6 is 0 Å². The molecule has 0 fully saturated rings. The zero-order chi connectivity index (χ0) is 20.1. The highest BCUT2D eigenvalue weighted by Gasteiger charge is 2.40. The van der Waals surface area contributed by atoms with Crippen molar-refractivity contribution in [3.8, 4) is 5.75 Å². The summed E-state index contributed by atoms with van der Waals surface area (Å²) in [5.74, 6) is 1.18. The first kappa shape index (κ1) is 17.0. The molecule has 0 amide bonds. The van der Waals surface area contributed by atoms with Gasteiger partial charge in [0, 0.05) is 11.1 Å². The number of hydrogen-bond donors (Lipinski definition) is 1. The van der Waals surface area contributed by atoms with Gasteiger partial charge < -0.3 is 10.1 Å². The molecule has 6 rings (SSSR count). The average Bonchev–Trinajstić information content (AvgIpc) is 3.26. The summed E-state index contributed by atoms with van der Waals surface area (Å²) in [6.07, 6.45) is 1.15. The molecule has 6 heteroatoms. The van der Waals surface area contributed by atoms with Crippen LogP contribution < -0.4 is 10.1 Å². The van der Waals surface area contributed by atoms with Crippen molar-refractivity contribution in [2.24, 2.45) is 0 Å². The van der Waals surface area contributed by atoms with E-state index in [-0.39, 0.29) is 11.9 Å². The topological polar surface area (TPSA) is 52.0 Å². The number of nitrogens with zero attached hydrogens (tertiary/aromatic N) is 3. The van der Waals surface area contributed by atoms with E-state index in [4.69, 9.17) is 4.74 Å². The van der Waals surface area contributed by atoms with Crippen LogP contribution in [0, 0.1) is 5.82 Å². The smallest absolute Gasteiger partial charge is 0.226 e. The van der Waals surface area contributed by atoms with Crippen LogP contribution in [0.5, 0.6) is 5.75 Å². The largest absolute Gasteiger partial charge is 0.480 e. The second-order valence-corrected chi connectivity index (χ2v) is 7.34. The third kappa shape index (κ3) is 2.54. The van der Waals surface area contributed by atoms with Gasteiger partial charge in [-0.1, -0.05) is 54.6 Å². The van der Waals surface area contributed by atoms with Crippen molar-refractivity contribution >= 4 is 11.6 Å². The van der Waals surface area contributed by atoms with Gasteiger partial charge in [0.2, 0.25) is 5.95 Å². The third-order valence-corrected chi connectivity index (χ3v) is 5.61. The number of rotatable bonds is 2. The molecule has 0 radical (unpaired) electrons. The highest BCUT2D eigenvalue weighted by Crippen LogP contribution is 2.50. The van der Waals surface area contributed by atoms with Crippen molar-refractivity contribution < 1.29 is 9.13 Å². The van der Waals surface area contributed by atoms with Crippen molar-refractivity contribution in [3.63, 3.8) is 0 Å². The van der Waals surface area contributed by atoms with Crippen LogP contribution in [-0.2, 0) is 0 Å². The zero-order valence-corrected chi connectivity index (χ0v) is 15.9. The van der Waals surface area contributed by atoms with E-state index in [1.165, 1.54) is 12.1 Å². The van der Waals surface area contributed by atoms with Gasteiger partial charge >= 0.3 is 0 Å². The maximum atomic E-state index is 13.6. The van der Waals surface area contributed by atoms with Crippen molar-refractivity contribution in [1.82, 2.24) is 14.8 Å². The number of para-hydroxylation sites is 1. The van der Waals surface area contributed by atoms with Gasteiger partial charge in [-0.15, -0.1) is 0 Å². The molecule has 0 unspecified atom stereocenters. The summed E-state index contributed by atoms with van der Waals surface area (Å²) in [6.45, 7) is 0. The molecule has 2 atom stereocenters. The number of benzene rings is 3. The first-order chi connectivity index (χ1) is 14.8. The summed E-state index contributed by atoms with van der Waals surface area (Å²) in [5, 5.41) is 7.96. The molecule has 0 spiro atoms. The Bertz CT molecular complexity index is 1260. The van der Waals surface area contributed by atoms with Gasteiger partial charge in [0.25, 0.3) is 0 Å². The van der Waals surface area contributed by atoms with Gasteiger partial charge in [-0.2, -0.15) is 10.1 Å². The predicted molar refractivity (Wildman–Crippen MR) is 111 cm³/mol. The van der Waals surface area contributed by atoms with Gasteiger partial charge in [0.15, 0.2) is 0 Å². The summed E-state index contributed by atoms with van der Waals surface area (Å²) in [7, 11) is 0. The fraction of sp³-hybridized carbons (Fsp3) is 0.0833. The van der Waals surface area contributed by atoms with E-state index < -0.39 is 6.10 Å². The van der Waals surface area contributed by atoms with Crippen molar-refractivity contribution in [1.29, 1.82) is 0 Å². The Morgan fingerprint density at radius 1 is 0.867 bits per heavy atom. The number of aromatic nitrogens is 3. The standard InChI is InChI=1S/C24H17FN4O/c25-17-12-10-16(11-13-17)23-20-21(18-8-4-5-9-19(18)30-23)28-24-26-14-27-29(24)22(20)15-6-2-1-3-7-15/h1-14,22-23H,(H,26,27,28)/t22-,23+/m0/s1. The summed E-state index contributed by atoms with van der Waals surface area (Å²) in [4.78, 5) is 4.42. The van der Waals surface area contributed by atoms with E-state index in [2.05, 4.69) is 27.5 Å². The van der Waals surface area contributed by atoms with Gasteiger partial charge in [-0.3, -0.25) is 0 Å². The summed E-state index contributed by atoms with van der Waals surface area (Å²) >= 11 is 0. The van der Waals surface area contributed by atoms with Crippen molar-refractivity contribution in [3.05, 3.63) is 113 Å². The Kier molecular flexibility index (Phi) is 3.71. The minimum atomic E-state index is -0.398. The van der Waals surface area contributed by atoms with Crippen molar-refractivity contribution in [2.45, 2.75) is 12.1 Å². The van der Waals surface area contributed by atoms with Crippen LogP contribution in [0.4, 0.5) is 10.3 Å².